The monoisotopic (exact) mass is 463 g/mol. The van der Waals surface area contributed by atoms with Crippen LogP contribution in [0.15, 0.2) is 51.8 Å². The van der Waals surface area contributed by atoms with Crippen LogP contribution in [0.25, 0.3) is 0 Å². The maximum absolute atomic E-state index is 13.0. The molecule has 30 heavy (non-hydrogen) atoms. The molecule has 1 aromatic carbocycles. The summed E-state index contributed by atoms with van der Waals surface area (Å²) in [6.07, 6.45) is 8.67. The smallest absolute Gasteiger partial charge is 0.247 e. The van der Waals surface area contributed by atoms with Crippen molar-refractivity contribution in [2.24, 2.45) is 5.92 Å². The fourth-order valence-corrected chi connectivity index (χ4v) is 7.54. The second kappa shape index (κ2) is 7.84. The number of carbonyl (C=O) groups is 1. The van der Waals surface area contributed by atoms with Gasteiger partial charge in [-0.1, -0.05) is 29.8 Å². The maximum Gasteiger partial charge on any atom is 0.247 e. The van der Waals surface area contributed by atoms with Gasteiger partial charge in [-0.3, -0.25) is 4.79 Å². The van der Waals surface area contributed by atoms with E-state index in [-0.39, 0.29) is 21.3 Å². The molecule has 0 bridgehead atoms. The first-order valence-corrected chi connectivity index (χ1v) is 12.7. The summed E-state index contributed by atoms with van der Waals surface area (Å²) in [7, 11) is -3.76. The van der Waals surface area contributed by atoms with Crippen molar-refractivity contribution >= 4 is 45.0 Å². The molecule has 0 radical (unpaired) electrons. The number of benzene rings is 1. The predicted octanol–water partition coefficient (Wildman–Crippen LogP) is 2.62. The number of carbonyl (C=O) groups excluding carboxylic acids is 1. The number of hydrogen-bond donors (Lipinski definition) is 2. The van der Waals surface area contributed by atoms with Crippen molar-refractivity contribution in [3.05, 3.63) is 62.9 Å². The van der Waals surface area contributed by atoms with Gasteiger partial charge in [0.25, 0.3) is 0 Å². The van der Waals surface area contributed by atoms with E-state index in [1.165, 1.54) is 22.9 Å². The van der Waals surface area contributed by atoms with E-state index < -0.39 is 16.1 Å². The quantitative estimate of drug-likeness (QED) is 0.717. The minimum absolute atomic E-state index is 0.0276. The van der Waals surface area contributed by atoms with Crippen LogP contribution in [-0.4, -0.2) is 38.7 Å². The van der Waals surface area contributed by atoms with Gasteiger partial charge >= 0.3 is 0 Å². The molecule has 4 aliphatic rings. The van der Waals surface area contributed by atoms with Gasteiger partial charge in [-0.2, -0.15) is 4.72 Å². The lowest BCUT2D eigenvalue weighted by Crippen LogP contribution is -2.41. The van der Waals surface area contributed by atoms with Crippen LogP contribution in [0.2, 0.25) is 0 Å². The van der Waals surface area contributed by atoms with Crippen LogP contribution in [0.5, 0.6) is 0 Å². The number of nitrogens with one attached hydrogen (secondary N) is 2. The van der Waals surface area contributed by atoms with Crippen LogP contribution in [0.1, 0.15) is 17.5 Å². The van der Waals surface area contributed by atoms with Crippen molar-refractivity contribution in [3.8, 4) is 0 Å². The summed E-state index contributed by atoms with van der Waals surface area (Å²) in [5, 5.41) is 3.98. The number of hydrogen-bond acceptors (Lipinski definition) is 5. The Morgan fingerprint density at radius 3 is 2.97 bits per heavy atom. The molecule has 158 valence electrons. The van der Waals surface area contributed by atoms with E-state index in [1.54, 1.807) is 17.1 Å². The first-order valence-electron chi connectivity index (χ1n) is 10.0. The van der Waals surface area contributed by atoms with Gasteiger partial charge in [-0.25, -0.2) is 8.42 Å². The predicted molar refractivity (Wildman–Crippen MR) is 121 cm³/mol. The summed E-state index contributed by atoms with van der Waals surface area (Å²) in [6, 6.07) is 5.32. The molecule has 3 heterocycles. The molecule has 6 nitrogen and oxygen atoms in total. The highest BCUT2D eigenvalue weighted by Gasteiger charge is 2.39. The number of sulfonamides is 1. The van der Waals surface area contributed by atoms with Gasteiger partial charge in [0.15, 0.2) is 0 Å². The summed E-state index contributed by atoms with van der Waals surface area (Å²) in [4.78, 5) is 14.7. The second-order valence-corrected chi connectivity index (χ2v) is 11.5. The molecule has 1 fully saturated rings. The highest BCUT2D eigenvalue weighted by molar-refractivity contribution is 8.18. The molecule has 3 aliphatic heterocycles. The molecule has 1 saturated heterocycles. The molecule has 9 heteroatoms. The molecule has 2 N–H and O–H groups in total. The molecule has 2 unspecified atom stereocenters. The molecular formula is C21H22ClN3O3S2. The molecule has 0 saturated carbocycles. The van der Waals surface area contributed by atoms with Crippen LogP contribution in [-0.2, 0) is 27.8 Å². The van der Waals surface area contributed by atoms with Gasteiger partial charge in [-0.05, 0) is 54.8 Å². The van der Waals surface area contributed by atoms with E-state index in [1.807, 2.05) is 18.2 Å². The van der Waals surface area contributed by atoms with Gasteiger partial charge in [0.2, 0.25) is 15.9 Å². The molecule has 1 amide bonds. The Hall–Kier alpha value is -1.58. The van der Waals surface area contributed by atoms with Gasteiger partial charge in [0.1, 0.15) is 10.3 Å². The highest BCUT2D eigenvalue weighted by Crippen LogP contribution is 2.43. The first kappa shape index (κ1) is 20.3. The zero-order valence-electron chi connectivity index (χ0n) is 16.2. The minimum atomic E-state index is -3.76. The Morgan fingerprint density at radius 2 is 2.10 bits per heavy atom. The summed E-state index contributed by atoms with van der Waals surface area (Å²) < 4.78 is 28.8. The SMILES string of the molecule is O=C1[C@@H](NS(=O)(=O)C2=CC3C=C(Cl)C=CC3S2)CCN1c1ccc2c(c1)CCNC2. The Kier molecular flexibility index (Phi) is 5.31. The number of rotatable bonds is 4. The van der Waals surface area contributed by atoms with Gasteiger partial charge < -0.3 is 10.2 Å². The Bertz CT molecular complexity index is 1100. The maximum atomic E-state index is 13.0. The van der Waals surface area contributed by atoms with Crippen molar-refractivity contribution in [1.29, 1.82) is 0 Å². The number of thioether (sulfide) groups is 1. The van der Waals surface area contributed by atoms with Crippen molar-refractivity contribution in [1.82, 2.24) is 10.0 Å². The molecule has 3 atom stereocenters. The number of fused-ring (bicyclic) bond motifs is 2. The van der Waals surface area contributed by atoms with Crippen LogP contribution in [0, 0.1) is 5.92 Å². The van der Waals surface area contributed by atoms with E-state index >= 15 is 0 Å². The lowest BCUT2D eigenvalue weighted by molar-refractivity contribution is -0.118. The average Bonchev–Trinajstić information content (AvgIpc) is 3.31. The third-order valence-electron chi connectivity index (χ3n) is 5.91. The second-order valence-electron chi connectivity index (χ2n) is 7.89. The molecule has 1 aromatic rings. The summed E-state index contributed by atoms with van der Waals surface area (Å²) in [5.41, 5.74) is 3.34. The molecular weight excluding hydrogens is 442 g/mol. The zero-order valence-corrected chi connectivity index (χ0v) is 18.6. The van der Waals surface area contributed by atoms with Crippen molar-refractivity contribution in [2.75, 3.05) is 18.0 Å². The van der Waals surface area contributed by atoms with Crippen LogP contribution in [0.4, 0.5) is 5.69 Å². The fraction of sp³-hybridized carbons (Fsp3) is 0.381. The highest BCUT2D eigenvalue weighted by atomic mass is 35.5. The van der Waals surface area contributed by atoms with E-state index in [2.05, 4.69) is 22.2 Å². The zero-order chi connectivity index (χ0) is 20.9. The van der Waals surface area contributed by atoms with E-state index in [0.29, 0.717) is 18.0 Å². The largest absolute Gasteiger partial charge is 0.312 e. The van der Waals surface area contributed by atoms with E-state index in [4.69, 9.17) is 11.6 Å². The number of nitrogens with zero attached hydrogens (tertiary/aromatic N) is 1. The Balaban J connectivity index is 1.30. The third-order valence-corrected chi connectivity index (χ3v) is 9.48. The number of amides is 1. The Morgan fingerprint density at radius 1 is 1.23 bits per heavy atom. The first-order chi connectivity index (χ1) is 14.4. The summed E-state index contributed by atoms with van der Waals surface area (Å²) >= 11 is 7.33. The van der Waals surface area contributed by atoms with Gasteiger partial charge in [-0.15, -0.1) is 11.8 Å². The summed E-state index contributed by atoms with van der Waals surface area (Å²) in [5.74, 6) is -0.240. The van der Waals surface area contributed by atoms with Crippen molar-refractivity contribution in [2.45, 2.75) is 30.7 Å². The van der Waals surface area contributed by atoms with Gasteiger partial charge in [0, 0.05) is 35.0 Å². The van der Waals surface area contributed by atoms with Crippen LogP contribution >= 0.6 is 23.4 Å². The van der Waals surface area contributed by atoms with Crippen molar-refractivity contribution in [3.63, 3.8) is 0 Å². The van der Waals surface area contributed by atoms with Crippen LogP contribution in [0.3, 0.4) is 0 Å². The molecule has 0 spiro atoms. The molecule has 0 aromatic heterocycles. The van der Waals surface area contributed by atoms with E-state index in [9.17, 15) is 13.2 Å². The standard InChI is InChI=1S/C21H22ClN3O3S2/c22-16-2-4-19-15(9-16)11-20(29-19)30(27,28)24-18-6-8-25(21(18)26)17-3-1-14-12-23-7-5-13(14)10-17/h1-4,9-11,15,18-19,23-24H,5-8,12H2/t15?,18-,19?/m0/s1. The molecule has 5 rings (SSSR count). The summed E-state index contributed by atoms with van der Waals surface area (Å²) in [6.45, 7) is 2.27. The lowest BCUT2D eigenvalue weighted by atomic mass is 10.0. The number of anilines is 1. The van der Waals surface area contributed by atoms with E-state index in [0.717, 1.165) is 25.2 Å². The number of halogens is 1. The normalized spacial score (nSPS) is 28.2. The Labute approximate surface area is 185 Å². The van der Waals surface area contributed by atoms with Crippen molar-refractivity contribution < 1.29 is 13.2 Å². The topological polar surface area (TPSA) is 78.5 Å². The lowest BCUT2D eigenvalue weighted by Gasteiger charge is -2.22. The average molecular weight is 464 g/mol. The van der Waals surface area contributed by atoms with Crippen LogP contribution < -0.4 is 14.9 Å². The number of allylic oxidation sites excluding steroid dienone is 4. The van der Waals surface area contributed by atoms with Gasteiger partial charge in [0.05, 0.1) is 0 Å². The third kappa shape index (κ3) is 3.76. The fourth-order valence-electron chi connectivity index (χ4n) is 4.32. The molecule has 1 aliphatic carbocycles. The minimum Gasteiger partial charge on any atom is -0.312 e.